The zero-order chi connectivity index (χ0) is 10.5. The Morgan fingerprint density at radius 1 is 1.07 bits per heavy atom. The van der Waals surface area contributed by atoms with Crippen LogP contribution in [0.2, 0.25) is 0 Å². The van der Waals surface area contributed by atoms with Crippen LogP contribution in [0.4, 0.5) is 0 Å². The predicted molar refractivity (Wildman–Crippen MR) is 54.6 cm³/mol. The van der Waals surface area contributed by atoms with E-state index in [0.29, 0.717) is 11.4 Å². The van der Waals surface area contributed by atoms with Gasteiger partial charge in [0, 0.05) is 18.5 Å². The highest BCUT2D eigenvalue weighted by Gasteiger charge is 1.99. The molecule has 0 saturated carbocycles. The van der Waals surface area contributed by atoms with Gasteiger partial charge in [-0.1, -0.05) is 0 Å². The fourth-order valence-corrected chi connectivity index (χ4v) is 1.04. The number of aliphatic hydroxyl groups excluding tert-OH is 1. The van der Waals surface area contributed by atoms with Crippen molar-refractivity contribution in [2.75, 3.05) is 0 Å². The molecule has 0 unspecified atom stereocenters. The van der Waals surface area contributed by atoms with Gasteiger partial charge in [0.15, 0.2) is 0 Å². The second kappa shape index (κ2) is 4.28. The standard InChI is InChI=1S/C10H8N4O/c15-10(9-2-4-12-7-14-9)5-8-1-3-11-6-13-8/h1-7,15H/b10-5+. The molecule has 2 aromatic heterocycles. The Morgan fingerprint density at radius 3 is 2.40 bits per heavy atom. The molecule has 0 fully saturated rings. The molecule has 1 N–H and O–H groups in total. The first-order chi connectivity index (χ1) is 7.36. The zero-order valence-corrected chi connectivity index (χ0v) is 7.78. The van der Waals surface area contributed by atoms with Crippen LogP contribution in [0.5, 0.6) is 0 Å². The van der Waals surface area contributed by atoms with Crippen molar-refractivity contribution in [1.29, 1.82) is 0 Å². The molecule has 0 spiro atoms. The number of rotatable bonds is 2. The molecule has 5 heteroatoms. The van der Waals surface area contributed by atoms with E-state index in [2.05, 4.69) is 19.9 Å². The molecule has 0 radical (unpaired) electrons. The summed E-state index contributed by atoms with van der Waals surface area (Å²) in [5, 5.41) is 9.68. The molecule has 0 atom stereocenters. The second-order valence-electron chi connectivity index (χ2n) is 2.76. The van der Waals surface area contributed by atoms with Gasteiger partial charge < -0.3 is 5.11 Å². The molecule has 5 nitrogen and oxygen atoms in total. The Kier molecular flexibility index (Phi) is 2.64. The van der Waals surface area contributed by atoms with Crippen molar-refractivity contribution >= 4 is 11.8 Å². The van der Waals surface area contributed by atoms with Gasteiger partial charge in [0.1, 0.15) is 24.1 Å². The summed E-state index contributed by atoms with van der Waals surface area (Å²) in [6, 6.07) is 3.31. The highest BCUT2D eigenvalue weighted by atomic mass is 16.3. The molecule has 0 aliphatic carbocycles. The van der Waals surface area contributed by atoms with Gasteiger partial charge in [-0.25, -0.2) is 19.9 Å². The first-order valence-electron chi connectivity index (χ1n) is 4.29. The maximum Gasteiger partial charge on any atom is 0.143 e. The van der Waals surface area contributed by atoms with Gasteiger partial charge in [0.2, 0.25) is 0 Å². The lowest BCUT2D eigenvalue weighted by Gasteiger charge is -1.97. The van der Waals surface area contributed by atoms with Crippen molar-refractivity contribution in [3.63, 3.8) is 0 Å². The summed E-state index contributed by atoms with van der Waals surface area (Å²) < 4.78 is 0. The summed E-state index contributed by atoms with van der Waals surface area (Å²) >= 11 is 0. The molecule has 15 heavy (non-hydrogen) atoms. The van der Waals surface area contributed by atoms with E-state index in [9.17, 15) is 5.11 Å². The molecule has 0 saturated heterocycles. The molecular weight excluding hydrogens is 192 g/mol. The maximum atomic E-state index is 9.68. The third-order valence-electron chi connectivity index (χ3n) is 1.73. The molecule has 2 rings (SSSR count). The Hall–Kier alpha value is -2.30. The molecule has 0 aliphatic heterocycles. The van der Waals surface area contributed by atoms with Gasteiger partial charge in [-0.3, -0.25) is 0 Å². The van der Waals surface area contributed by atoms with Crippen LogP contribution in [-0.4, -0.2) is 25.0 Å². The lowest BCUT2D eigenvalue weighted by atomic mass is 10.3. The molecule has 2 aromatic rings. The van der Waals surface area contributed by atoms with E-state index < -0.39 is 0 Å². The first-order valence-corrected chi connectivity index (χ1v) is 4.29. The Balaban J connectivity index is 2.29. The summed E-state index contributed by atoms with van der Waals surface area (Å²) in [6.07, 6.45) is 7.47. The van der Waals surface area contributed by atoms with Crippen molar-refractivity contribution in [1.82, 2.24) is 19.9 Å². The van der Waals surface area contributed by atoms with E-state index in [1.54, 1.807) is 24.5 Å². The van der Waals surface area contributed by atoms with Crippen molar-refractivity contribution in [2.45, 2.75) is 0 Å². The highest BCUT2D eigenvalue weighted by molar-refractivity contribution is 5.72. The SMILES string of the molecule is O/C(=C/c1ccncn1)c1ccncn1. The molecule has 0 bridgehead atoms. The Morgan fingerprint density at radius 2 is 1.80 bits per heavy atom. The fraction of sp³-hybridized carbons (Fsp3) is 0. The van der Waals surface area contributed by atoms with Crippen molar-refractivity contribution in [2.24, 2.45) is 0 Å². The summed E-state index contributed by atoms with van der Waals surface area (Å²) in [5.41, 5.74) is 1.09. The topological polar surface area (TPSA) is 71.8 Å². The zero-order valence-electron chi connectivity index (χ0n) is 7.78. The van der Waals surface area contributed by atoms with Gasteiger partial charge in [0.25, 0.3) is 0 Å². The Bertz CT molecular complexity index is 455. The van der Waals surface area contributed by atoms with Crippen LogP contribution < -0.4 is 0 Å². The number of hydrogen-bond acceptors (Lipinski definition) is 5. The normalized spacial score (nSPS) is 11.3. The van der Waals surface area contributed by atoms with Crippen LogP contribution >= 0.6 is 0 Å². The van der Waals surface area contributed by atoms with Gasteiger partial charge >= 0.3 is 0 Å². The van der Waals surface area contributed by atoms with E-state index in [1.165, 1.54) is 18.7 Å². The predicted octanol–water partition coefficient (Wildman–Crippen LogP) is 1.32. The molecule has 74 valence electrons. The van der Waals surface area contributed by atoms with Crippen LogP contribution in [0.3, 0.4) is 0 Å². The monoisotopic (exact) mass is 200 g/mol. The number of aromatic nitrogens is 4. The molecule has 0 amide bonds. The maximum absolute atomic E-state index is 9.68. The third-order valence-corrected chi connectivity index (χ3v) is 1.73. The summed E-state index contributed by atoms with van der Waals surface area (Å²) in [5.74, 6) is 0.0519. The molecule has 0 aromatic carbocycles. The van der Waals surface area contributed by atoms with Crippen LogP contribution in [0.15, 0.2) is 37.2 Å². The second-order valence-corrected chi connectivity index (χ2v) is 2.76. The minimum absolute atomic E-state index is 0.0519. The highest BCUT2D eigenvalue weighted by Crippen LogP contribution is 2.09. The van der Waals surface area contributed by atoms with E-state index >= 15 is 0 Å². The van der Waals surface area contributed by atoms with Gasteiger partial charge in [-0.15, -0.1) is 0 Å². The average Bonchev–Trinajstić information content (AvgIpc) is 2.31. The minimum Gasteiger partial charge on any atom is -0.506 e. The smallest absolute Gasteiger partial charge is 0.143 e. The third kappa shape index (κ3) is 2.34. The van der Waals surface area contributed by atoms with Crippen LogP contribution in [0, 0.1) is 0 Å². The first kappa shape index (κ1) is 9.26. The van der Waals surface area contributed by atoms with Crippen LogP contribution in [-0.2, 0) is 0 Å². The fourth-order valence-electron chi connectivity index (χ4n) is 1.04. The average molecular weight is 200 g/mol. The number of aliphatic hydroxyl groups is 1. The van der Waals surface area contributed by atoms with E-state index in [1.807, 2.05) is 0 Å². The van der Waals surface area contributed by atoms with Crippen molar-refractivity contribution < 1.29 is 5.11 Å². The summed E-state index contributed by atoms with van der Waals surface area (Å²) in [6.45, 7) is 0. The Labute approximate surface area is 86.2 Å². The quantitative estimate of drug-likeness (QED) is 0.740. The minimum atomic E-state index is 0.0519. The molecule has 0 aliphatic rings. The van der Waals surface area contributed by atoms with Crippen LogP contribution in [0.25, 0.3) is 11.8 Å². The van der Waals surface area contributed by atoms with Crippen molar-refractivity contribution in [3.8, 4) is 0 Å². The van der Waals surface area contributed by atoms with Crippen LogP contribution in [0.1, 0.15) is 11.4 Å². The molecule has 2 heterocycles. The van der Waals surface area contributed by atoms with E-state index in [-0.39, 0.29) is 5.76 Å². The summed E-state index contributed by atoms with van der Waals surface area (Å²) in [7, 11) is 0. The van der Waals surface area contributed by atoms with E-state index in [4.69, 9.17) is 0 Å². The lowest BCUT2D eigenvalue weighted by Crippen LogP contribution is -1.89. The molecular formula is C10H8N4O. The van der Waals surface area contributed by atoms with Gasteiger partial charge in [-0.05, 0) is 12.1 Å². The number of nitrogens with zero attached hydrogens (tertiary/aromatic N) is 4. The van der Waals surface area contributed by atoms with Gasteiger partial charge in [0.05, 0.1) is 5.69 Å². The van der Waals surface area contributed by atoms with Gasteiger partial charge in [-0.2, -0.15) is 0 Å². The number of hydrogen-bond donors (Lipinski definition) is 1. The van der Waals surface area contributed by atoms with Crippen molar-refractivity contribution in [3.05, 3.63) is 48.6 Å². The summed E-state index contributed by atoms with van der Waals surface area (Å²) in [4.78, 5) is 15.4. The van der Waals surface area contributed by atoms with E-state index in [0.717, 1.165) is 0 Å². The largest absolute Gasteiger partial charge is 0.506 e. The lowest BCUT2D eigenvalue weighted by molar-refractivity contribution is 0.512.